The van der Waals surface area contributed by atoms with Crippen molar-refractivity contribution in [2.45, 2.75) is 32.1 Å². The van der Waals surface area contributed by atoms with E-state index in [4.69, 9.17) is 11.6 Å². The number of carbonyl (C=O) groups excluding carboxylic acids is 1. The van der Waals surface area contributed by atoms with E-state index in [-0.39, 0.29) is 11.5 Å². The minimum atomic E-state index is -0.109. The van der Waals surface area contributed by atoms with Crippen LogP contribution in [-0.4, -0.2) is 28.9 Å². The Bertz CT molecular complexity index is 814. The van der Waals surface area contributed by atoms with Gasteiger partial charge < -0.3 is 9.88 Å². The summed E-state index contributed by atoms with van der Waals surface area (Å²) in [6, 6.07) is 11.3. The van der Waals surface area contributed by atoms with Gasteiger partial charge in [-0.1, -0.05) is 35.9 Å². The predicted octanol–water partition coefficient (Wildman–Crippen LogP) is 4.30. The Kier molecular flexibility index (Phi) is 6.88. The summed E-state index contributed by atoms with van der Waals surface area (Å²) >= 11 is 5.94. The molecule has 0 aliphatic carbocycles. The zero-order valence-electron chi connectivity index (χ0n) is 15.4. The number of aromatic amines is 1. The van der Waals surface area contributed by atoms with Crippen LogP contribution >= 0.6 is 11.6 Å². The van der Waals surface area contributed by atoms with E-state index in [0.717, 1.165) is 42.9 Å². The molecular formula is C22H25ClN2O2. The minimum absolute atomic E-state index is 0.109. The van der Waals surface area contributed by atoms with Crippen LogP contribution in [0.3, 0.4) is 0 Å². The highest BCUT2D eigenvalue weighted by Crippen LogP contribution is 2.23. The van der Waals surface area contributed by atoms with Crippen molar-refractivity contribution in [1.29, 1.82) is 0 Å². The molecule has 1 aliphatic heterocycles. The van der Waals surface area contributed by atoms with Crippen LogP contribution in [0.15, 0.2) is 53.5 Å². The van der Waals surface area contributed by atoms with Crippen LogP contribution < -0.4 is 5.56 Å². The Morgan fingerprint density at radius 2 is 1.89 bits per heavy atom. The van der Waals surface area contributed by atoms with Crippen molar-refractivity contribution in [3.63, 3.8) is 0 Å². The number of carbonyl (C=O) groups is 1. The van der Waals surface area contributed by atoms with Crippen LogP contribution in [-0.2, 0) is 11.2 Å². The van der Waals surface area contributed by atoms with Gasteiger partial charge in [-0.2, -0.15) is 0 Å². The van der Waals surface area contributed by atoms with Gasteiger partial charge in [0, 0.05) is 36.8 Å². The number of hydrogen-bond acceptors (Lipinski definition) is 2. The van der Waals surface area contributed by atoms with Crippen molar-refractivity contribution in [3.8, 4) is 0 Å². The van der Waals surface area contributed by atoms with Crippen LogP contribution in [0.25, 0.3) is 6.08 Å². The molecule has 3 rings (SSSR count). The molecule has 4 nitrogen and oxygen atoms in total. The van der Waals surface area contributed by atoms with E-state index in [9.17, 15) is 9.59 Å². The number of halogens is 1. The number of H-pyrrole nitrogens is 1. The summed E-state index contributed by atoms with van der Waals surface area (Å²) in [5.41, 5.74) is 2.14. The fourth-order valence-corrected chi connectivity index (χ4v) is 3.58. The highest BCUT2D eigenvalue weighted by Gasteiger charge is 2.22. The van der Waals surface area contributed by atoms with Crippen molar-refractivity contribution in [3.05, 3.63) is 75.2 Å². The Balaban J connectivity index is 1.38. The van der Waals surface area contributed by atoms with Crippen molar-refractivity contribution < 1.29 is 4.79 Å². The maximum absolute atomic E-state index is 12.4. The summed E-state index contributed by atoms with van der Waals surface area (Å²) in [6.07, 6.45) is 10.0. The molecule has 142 valence electrons. The number of allylic oxidation sites excluding steroid dienone is 1. The van der Waals surface area contributed by atoms with Crippen LogP contribution in [0.5, 0.6) is 0 Å². The molecule has 2 aromatic rings. The van der Waals surface area contributed by atoms with Gasteiger partial charge in [0.05, 0.1) is 0 Å². The molecule has 5 heteroatoms. The SMILES string of the molecule is O=C(CC/C=C/c1ccc(=O)[nH]c1)N1CCC(Cc2ccc(Cl)cc2)CC1. The lowest BCUT2D eigenvalue weighted by Gasteiger charge is -2.32. The van der Waals surface area contributed by atoms with E-state index in [1.807, 2.05) is 29.2 Å². The van der Waals surface area contributed by atoms with Gasteiger partial charge in [-0.05, 0) is 60.9 Å². The molecule has 1 amide bonds. The molecule has 27 heavy (non-hydrogen) atoms. The third-order valence-corrected chi connectivity index (χ3v) is 5.30. The molecule has 1 saturated heterocycles. The van der Waals surface area contributed by atoms with E-state index in [0.29, 0.717) is 18.8 Å². The Hall–Kier alpha value is -2.33. The van der Waals surface area contributed by atoms with Gasteiger partial charge in [0.15, 0.2) is 0 Å². The van der Waals surface area contributed by atoms with Gasteiger partial charge in [-0.3, -0.25) is 9.59 Å². The van der Waals surface area contributed by atoms with Gasteiger partial charge in [0.2, 0.25) is 11.5 Å². The number of hydrogen-bond donors (Lipinski definition) is 1. The minimum Gasteiger partial charge on any atom is -0.343 e. The lowest BCUT2D eigenvalue weighted by Crippen LogP contribution is -2.38. The Labute approximate surface area is 164 Å². The fourth-order valence-electron chi connectivity index (χ4n) is 3.45. The molecule has 1 N–H and O–H groups in total. The van der Waals surface area contributed by atoms with Crippen molar-refractivity contribution in [2.24, 2.45) is 5.92 Å². The quantitative estimate of drug-likeness (QED) is 0.807. The van der Waals surface area contributed by atoms with Crippen LogP contribution in [0.4, 0.5) is 0 Å². The maximum Gasteiger partial charge on any atom is 0.247 e. The first-order valence-corrected chi connectivity index (χ1v) is 9.85. The predicted molar refractivity (Wildman–Crippen MR) is 110 cm³/mol. The maximum atomic E-state index is 12.4. The third kappa shape index (κ3) is 6.10. The smallest absolute Gasteiger partial charge is 0.247 e. The number of piperidine rings is 1. The largest absolute Gasteiger partial charge is 0.343 e. The first-order chi connectivity index (χ1) is 13.1. The molecule has 0 radical (unpaired) electrons. The van der Waals surface area contributed by atoms with Gasteiger partial charge >= 0.3 is 0 Å². The molecule has 1 aromatic carbocycles. The first kappa shape index (κ1) is 19.4. The van der Waals surface area contributed by atoms with E-state index in [2.05, 4.69) is 17.1 Å². The molecular weight excluding hydrogens is 360 g/mol. The van der Waals surface area contributed by atoms with Gasteiger partial charge in [-0.15, -0.1) is 0 Å². The van der Waals surface area contributed by atoms with E-state index >= 15 is 0 Å². The number of benzene rings is 1. The average molecular weight is 385 g/mol. The molecule has 1 aliphatic rings. The lowest BCUT2D eigenvalue weighted by atomic mass is 9.90. The van der Waals surface area contributed by atoms with Crippen LogP contribution in [0.2, 0.25) is 5.02 Å². The van der Waals surface area contributed by atoms with Crippen molar-refractivity contribution in [1.82, 2.24) is 9.88 Å². The highest BCUT2D eigenvalue weighted by molar-refractivity contribution is 6.30. The molecule has 0 spiro atoms. The standard InChI is InChI=1S/C22H25ClN2O2/c23-20-8-5-17(6-9-20)15-18-11-13-25(14-12-18)22(27)4-2-1-3-19-7-10-21(26)24-16-19/h1,3,5-10,16,18H,2,4,11-15H2,(H,24,26)/b3-1+. The van der Waals surface area contributed by atoms with Crippen molar-refractivity contribution >= 4 is 23.6 Å². The van der Waals surface area contributed by atoms with Crippen molar-refractivity contribution in [2.75, 3.05) is 13.1 Å². The van der Waals surface area contributed by atoms with Gasteiger partial charge in [0.25, 0.3) is 0 Å². The van der Waals surface area contributed by atoms with Crippen LogP contribution in [0.1, 0.15) is 36.8 Å². The lowest BCUT2D eigenvalue weighted by molar-refractivity contribution is -0.132. The number of aromatic nitrogens is 1. The first-order valence-electron chi connectivity index (χ1n) is 9.47. The molecule has 0 unspecified atom stereocenters. The summed E-state index contributed by atoms with van der Waals surface area (Å²) in [7, 11) is 0. The number of nitrogens with one attached hydrogen (secondary N) is 1. The van der Waals surface area contributed by atoms with E-state index in [1.54, 1.807) is 12.3 Å². The molecule has 0 saturated carbocycles. The average Bonchev–Trinajstić information content (AvgIpc) is 2.69. The monoisotopic (exact) mass is 384 g/mol. The van der Waals surface area contributed by atoms with Gasteiger partial charge in [0.1, 0.15) is 0 Å². The third-order valence-electron chi connectivity index (χ3n) is 5.05. The zero-order valence-corrected chi connectivity index (χ0v) is 16.1. The second kappa shape index (κ2) is 9.56. The normalized spacial score (nSPS) is 15.4. The zero-order chi connectivity index (χ0) is 19.1. The molecule has 1 aromatic heterocycles. The topological polar surface area (TPSA) is 53.2 Å². The number of pyridine rings is 1. The molecule has 0 atom stereocenters. The summed E-state index contributed by atoms with van der Waals surface area (Å²) < 4.78 is 0. The second-order valence-electron chi connectivity index (χ2n) is 7.08. The molecule has 2 heterocycles. The number of nitrogens with zero attached hydrogens (tertiary/aromatic N) is 1. The summed E-state index contributed by atoms with van der Waals surface area (Å²) in [5.74, 6) is 0.862. The van der Waals surface area contributed by atoms with Gasteiger partial charge in [-0.25, -0.2) is 0 Å². The molecule has 0 bridgehead atoms. The number of likely N-dealkylation sites (tertiary alicyclic amines) is 1. The Morgan fingerprint density at radius 3 is 2.56 bits per heavy atom. The summed E-state index contributed by atoms with van der Waals surface area (Å²) in [5, 5.41) is 0.772. The van der Waals surface area contributed by atoms with E-state index < -0.39 is 0 Å². The summed E-state index contributed by atoms with van der Waals surface area (Å²) in [6.45, 7) is 1.70. The van der Waals surface area contributed by atoms with E-state index in [1.165, 1.54) is 11.6 Å². The van der Waals surface area contributed by atoms with Crippen LogP contribution in [0, 0.1) is 5.92 Å². The Morgan fingerprint density at radius 1 is 1.15 bits per heavy atom. The number of rotatable bonds is 6. The molecule has 1 fully saturated rings. The second-order valence-corrected chi connectivity index (χ2v) is 7.52. The number of amides is 1. The highest BCUT2D eigenvalue weighted by atomic mass is 35.5. The fraction of sp³-hybridized carbons (Fsp3) is 0.364. The summed E-state index contributed by atoms with van der Waals surface area (Å²) in [4.78, 5) is 28.0.